The minimum absolute atomic E-state index is 0.281. The molecule has 2 rings (SSSR count). The molecule has 0 saturated heterocycles. The molecule has 0 unspecified atom stereocenters. The Labute approximate surface area is 106 Å². The number of halogens is 1. The minimum atomic E-state index is -0.281. The highest BCUT2D eigenvalue weighted by atomic mass is 19.1. The van der Waals surface area contributed by atoms with Gasteiger partial charge in [0.2, 0.25) is 0 Å². The molecule has 92 valence electrons. The van der Waals surface area contributed by atoms with Gasteiger partial charge < -0.3 is 0 Å². The van der Waals surface area contributed by atoms with E-state index < -0.39 is 0 Å². The van der Waals surface area contributed by atoms with Gasteiger partial charge in [-0.25, -0.2) is 4.39 Å². The van der Waals surface area contributed by atoms with Crippen LogP contribution in [0.15, 0.2) is 18.2 Å². The molecule has 0 radical (unpaired) electrons. The molecule has 18 heavy (non-hydrogen) atoms. The van der Waals surface area contributed by atoms with E-state index in [4.69, 9.17) is 10.5 Å². The van der Waals surface area contributed by atoms with Gasteiger partial charge in [0.25, 0.3) is 0 Å². The zero-order valence-electron chi connectivity index (χ0n) is 10.1. The quantitative estimate of drug-likeness (QED) is 0.798. The van der Waals surface area contributed by atoms with Crippen LogP contribution in [0.25, 0.3) is 0 Å². The number of nitriles is 2. The highest BCUT2D eigenvalue weighted by Gasteiger charge is 2.29. The van der Waals surface area contributed by atoms with Gasteiger partial charge in [-0.2, -0.15) is 10.5 Å². The van der Waals surface area contributed by atoms with Gasteiger partial charge >= 0.3 is 0 Å². The van der Waals surface area contributed by atoms with Crippen molar-refractivity contribution in [2.75, 3.05) is 6.54 Å². The number of nitrogens with zero attached hydrogens (tertiary/aromatic N) is 3. The van der Waals surface area contributed by atoms with E-state index in [1.54, 1.807) is 6.07 Å². The lowest BCUT2D eigenvalue weighted by atomic mass is 10.1. The second-order valence-corrected chi connectivity index (χ2v) is 4.53. The molecular formula is C14H14FN3. The summed E-state index contributed by atoms with van der Waals surface area (Å²) in [7, 11) is 0. The monoisotopic (exact) mass is 243 g/mol. The van der Waals surface area contributed by atoms with E-state index in [2.05, 4.69) is 11.0 Å². The Bertz CT molecular complexity index is 509. The van der Waals surface area contributed by atoms with Crippen molar-refractivity contribution in [1.82, 2.24) is 4.90 Å². The lowest BCUT2D eigenvalue weighted by Gasteiger charge is -2.21. The van der Waals surface area contributed by atoms with Gasteiger partial charge in [0.15, 0.2) is 0 Å². The standard InChI is InChI=1S/C14H14FN3/c15-14-5-2-11(9-17)8-12(14)10-18(7-1-6-16)13-3-4-13/h2,5,8,13H,1,3-4,7,10H2. The zero-order valence-corrected chi connectivity index (χ0v) is 10.1. The van der Waals surface area contributed by atoms with E-state index in [1.807, 2.05) is 6.07 Å². The van der Waals surface area contributed by atoms with Crippen LogP contribution in [-0.4, -0.2) is 17.5 Å². The normalized spacial score (nSPS) is 14.2. The van der Waals surface area contributed by atoms with E-state index in [0.29, 0.717) is 36.7 Å². The molecular weight excluding hydrogens is 229 g/mol. The Balaban J connectivity index is 2.11. The molecule has 0 bridgehead atoms. The van der Waals surface area contributed by atoms with Crippen molar-refractivity contribution in [3.63, 3.8) is 0 Å². The molecule has 0 amide bonds. The minimum Gasteiger partial charge on any atom is -0.295 e. The van der Waals surface area contributed by atoms with Crippen molar-refractivity contribution in [2.24, 2.45) is 0 Å². The van der Waals surface area contributed by atoms with Crippen LogP contribution in [0.5, 0.6) is 0 Å². The summed E-state index contributed by atoms with van der Waals surface area (Å²) in [6.45, 7) is 1.14. The van der Waals surface area contributed by atoms with Crippen LogP contribution in [0.2, 0.25) is 0 Å². The predicted octanol–water partition coefficient (Wildman–Crippen LogP) is 2.58. The van der Waals surface area contributed by atoms with Crippen LogP contribution < -0.4 is 0 Å². The van der Waals surface area contributed by atoms with Crippen molar-refractivity contribution < 1.29 is 4.39 Å². The maximum absolute atomic E-state index is 13.7. The van der Waals surface area contributed by atoms with E-state index in [1.165, 1.54) is 12.1 Å². The summed E-state index contributed by atoms with van der Waals surface area (Å²) >= 11 is 0. The molecule has 1 saturated carbocycles. The molecule has 1 fully saturated rings. The molecule has 1 aliphatic rings. The van der Waals surface area contributed by atoms with E-state index in [0.717, 1.165) is 12.8 Å². The smallest absolute Gasteiger partial charge is 0.127 e. The van der Waals surface area contributed by atoms with Gasteiger partial charge in [-0.1, -0.05) is 0 Å². The third-order valence-electron chi connectivity index (χ3n) is 3.12. The van der Waals surface area contributed by atoms with Crippen molar-refractivity contribution in [2.45, 2.75) is 31.8 Å². The molecule has 1 aliphatic carbocycles. The van der Waals surface area contributed by atoms with Gasteiger partial charge in [0.05, 0.1) is 17.7 Å². The molecule has 0 aliphatic heterocycles. The lowest BCUT2D eigenvalue weighted by Crippen LogP contribution is -2.27. The summed E-state index contributed by atoms with van der Waals surface area (Å²) in [6, 6.07) is 9.02. The first kappa shape index (κ1) is 12.5. The van der Waals surface area contributed by atoms with Crippen LogP contribution in [0.1, 0.15) is 30.4 Å². The van der Waals surface area contributed by atoms with Crippen molar-refractivity contribution in [1.29, 1.82) is 10.5 Å². The first-order chi connectivity index (χ1) is 8.74. The third-order valence-corrected chi connectivity index (χ3v) is 3.12. The summed E-state index contributed by atoms with van der Waals surface area (Å²) in [5.41, 5.74) is 1.02. The molecule has 1 aromatic carbocycles. The fourth-order valence-electron chi connectivity index (χ4n) is 2.01. The number of rotatable bonds is 5. The first-order valence-electron chi connectivity index (χ1n) is 6.04. The van der Waals surface area contributed by atoms with E-state index in [9.17, 15) is 4.39 Å². The van der Waals surface area contributed by atoms with Crippen molar-refractivity contribution in [3.8, 4) is 12.1 Å². The lowest BCUT2D eigenvalue weighted by molar-refractivity contribution is 0.257. The fourth-order valence-corrected chi connectivity index (χ4v) is 2.01. The summed E-state index contributed by atoms with van der Waals surface area (Å²) in [4.78, 5) is 2.13. The molecule has 0 aromatic heterocycles. The average Bonchev–Trinajstić information content (AvgIpc) is 3.21. The van der Waals surface area contributed by atoms with Crippen LogP contribution in [-0.2, 0) is 6.54 Å². The number of hydrogen-bond acceptors (Lipinski definition) is 3. The summed E-state index contributed by atoms with van der Waals surface area (Å²) < 4.78 is 13.7. The molecule has 1 aromatic rings. The van der Waals surface area contributed by atoms with Crippen LogP contribution >= 0.6 is 0 Å². The van der Waals surface area contributed by atoms with E-state index in [-0.39, 0.29) is 5.82 Å². The Kier molecular flexibility index (Phi) is 3.92. The second-order valence-electron chi connectivity index (χ2n) is 4.53. The van der Waals surface area contributed by atoms with Gasteiger partial charge in [-0.3, -0.25) is 4.90 Å². The number of hydrogen-bond donors (Lipinski definition) is 0. The molecule has 3 nitrogen and oxygen atoms in total. The Morgan fingerprint density at radius 2 is 2.11 bits per heavy atom. The highest BCUT2D eigenvalue weighted by molar-refractivity contribution is 5.33. The predicted molar refractivity (Wildman–Crippen MR) is 64.8 cm³/mol. The van der Waals surface area contributed by atoms with Gasteiger partial charge in [-0.05, 0) is 31.0 Å². The highest BCUT2D eigenvalue weighted by Crippen LogP contribution is 2.29. The fraction of sp³-hybridized carbons (Fsp3) is 0.429. The molecule has 4 heteroatoms. The van der Waals surface area contributed by atoms with Crippen molar-refractivity contribution in [3.05, 3.63) is 35.1 Å². The SMILES string of the molecule is N#CCCN(Cc1cc(C#N)ccc1F)C1CC1. The Morgan fingerprint density at radius 1 is 1.33 bits per heavy atom. The van der Waals surface area contributed by atoms with Gasteiger partial charge in [0, 0.05) is 31.1 Å². The van der Waals surface area contributed by atoms with Crippen LogP contribution in [0.3, 0.4) is 0 Å². The number of benzene rings is 1. The van der Waals surface area contributed by atoms with Crippen LogP contribution in [0, 0.1) is 28.5 Å². The molecule has 0 atom stereocenters. The molecule has 0 N–H and O–H groups in total. The van der Waals surface area contributed by atoms with Gasteiger partial charge in [-0.15, -0.1) is 0 Å². The Hall–Kier alpha value is -1.91. The molecule has 0 heterocycles. The Morgan fingerprint density at radius 3 is 2.72 bits per heavy atom. The van der Waals surface area contributed by atoms with Crippen LogP contribution in [0.4, 0.5) is 4.39 Å². The van der Waals surface area contributed by atoms with Gasteiger partial charge in [0.1, 0.15) is 5.82 Å². The summed E-state index contributed by atoms with van der Waals surface area (Å²) in [5, 5.41) is 17.4. The second kappa shape index (κ2) is 5.62. The zero-order chi connectivity index (χ0) is 13.0. The topological polar surface area (TPSA) is 50.8 Å². The maximum Gasteiger partial charge on any atom is 0.127 e. The summed E-state index contributed by atoms with van der Waals surface area (Å²) in [6.07, 6.45) is 2.69. The largest absolute Gasteiger partial charge is 0.295 e. The molecule has 0 spiro atoms. The average molecular weight is 243 g/mol. The maximum atomic E-state index is 13.7. The third kappa shape index (κ3) is 3.06. The van der Waals surface area contributed by atoms with E-state index >= 15 is 0 Å². The van der Waals surface area contributed by atoms with Crippen molar-refractivity contribution >= 4 is 0 Å². The summed E-state index contributed by atoms with van der Waals surface area (Å²) in [5.74, 6) is -0.281. The first-order valence-corrected chi connectivity index (χ1v) is 6.04.